The molecule has 2 aliphatic heterocycles. The molecule has 1 aromatic heterocycles. The van der Waals surface area contributed by atoms with Crippen LogP contribution in [0.4, 0.5) is 4.79 Å². The zero-order valence-corrected chi connectivity index (χ0v) is 14.0. The number of thiophene rings is 1. The maximum atomic E-state index is 12.4. The Morgan fingerprint density at radius 1 is 1.57 bits per heavy atom. The van der Waals surface area contributed by atoms with Crippen molar-refractivity contribution in [1.29, 1.82) is 0 Å². The number of ether oxygens (including phenoxy) is 1. The van der Waals surface area contributed by atoms with E-state index in [1.807, 2.05) is 6.92 Å². The predicted octanol–water partition coefficient (Wildman–Crippen LogP) is 2.04. The van der Waals surface area contributed by atoms with Crippen LogP contribution >= 0.6 is 11.3 Å². The fourth-order valence-corrected chi connectivity index (χ4v) is 4.30. The highest BCUT2D eigenvalue weighted by Gasteiger charge is 2.35. The molecule has 6 nitrogen and oxygen atoms in total. The molecule has 0 aromatic carbocycles. The standard InChI is InChI=1S/C16H22N2O4S/c1-16(12-5-8-23-13(12)4-7-22-16)10-17-15(21)18-6-2-3-11(9-18)14(19)20/h5,8,11H,2-4,6-7,9-10H2,1H3,(H,17,21)(H,19,20). The summed E-state index contributed by atoms with van der Waals surface area (Å²) in [5.41, 5.74) is 0.640. The second kappa shape index (κ2) is 6.49. The Labute approximate surface area is 139 Å². The van der Waals surface area contributed by atoms with E-state index in [4.69, 9.17) is 9.84 Å². The topological polar surface area (TPSA) is 78.9 Å². The lowest BCUT2D eigenvalue weighted by atomic mass is 9.93. The van der Waals surface area contributed by atoms with E-state index in [0.29, 0.717) is 26.1 Å². The van der Waals surface area contributed by atoms with Crippen LogP contribution in [0.2, 0.25) is 0 Å². The molecule has 1 saturated heterocycles. The van der Waals surface area contributed by atoms with Gasteiger partial charge >= 0.3 is 12.0 Å². The number of carbonyl (C=O) groups excluding carboxylic acids is 1. The number of amides is 2. The Kier molecular flexibility index (Phi) is 4.59. The van der Waals surface area contributed by atoms with Crippen LogP contribution in [0, 0.1) is 5.92 Å². The summed E-state index contributed by atoms with van der Waals surface area (Å²) in [5, 5.41) is 14.1. The van der Waals surface area contributed by atoms with Gasteiger partial charge in [0, 0.05) is 24.4 Å². The van der Waals surface area contributed by atoms with Gasteiger partial charge in [-0.1, -0.05) is 0 Å². The molecule has 2 unspecified atom stereocenters. The summed E-state index contributed by atoms with van der Waals surface area (Å²) in [6.45, 7) is 3.93. The number of carboxylic acids is 1. The summed E-state index contributed by atoms with van der Waals surface area (Å²) in [7, 11) is 0. The van der Waals surface area contributed by atoms with Crippen molar-refractivity contribution in [2.75, 3.05) is 26.2 Å². The van der Waals surface area contributed by atoms with E-state index < -0.39 is 17.5 Å². The monoisotopic (exact) mass is 338 g/mol. The van der Waals surface area contributed by atoms with E-state index in [2.05, 4.69) is 16.8 Å². The quantitative estimate of drug-likeness (QED) is 0.884. The predicted molar refractivity (Wildman–Crippen MR) is 86.7 cm³/mol. The van der Waals surface area contributed by atoms with E-state index >= 15 is 0 Å². The van der Waals surface area contributed by atoms with Crippen molar-refractivity contribution in [1.82, 2.24) is 10.2 Å². The van der Waals surface area contributed by atoms with Crippen LogP contribution in [0.5, 0.6) is 0 Å². The molecule has 0 saturated carbocycles. The molecule has 0 spiro atoms. The molecular formula is C16H22N2O4S. The first-order valence-electron chi connectivity index (χ1n) is 7.96. The molecule has 0 bridgehead atoms. The molecule has 7 heteroatoms. The molecule has 2 amide bonds. The van der Waals surface area contributed by atoms with Crippen LogP contribution in [0.3, 0.4) is 0 Å². The van der Waals surface area contributed by atoms with Gasteiger partial charge in [0.15, 0.2) is 0 Å². The van der Waals surface area contributed by atoms with E-state index in [1.54, 1.807) is 16.2 Å². The van der Waals surface area contributed by atoms with Crippen LogP contribution in [-0.2, 0) is 21.6 Å². The molecule has 2 aliphatic rings. The molecule has 0 aliphatic carbocycles. The van der Waals surface area contributed by atoms with Crippen LogP contribution < -0.4 is 5.32 Å². The molecule has 3 rings (SSSR count). The molecule has 0 radical (unpaired) electrons. The van der Waals surface area contributed by atoms with Gasteiger partial charge in [-0.2, -0.15) is 0 Å². The number of hydrogen-bond acceptors (Lipinski definition) is 4. The number of fused-ring (bicyclic) bond motifs is 1. The lowest BCUT2D eigenvalue weighted by Crippen LogP contribution is -2.51. The summed E-state index contributed by atoms with van der Waals surface area (Å²) < 4.78 is 5.93. The van der Waals surface area contributed by atoms with Crippen molar-refractivity contribution >= 4 is 23.3 Å². The number of likely N-dealkylation sites (tertiary alicyclic amines) is 1. The average Bonchev–Trinajstić information content (AvgIpc) is 3.03. The highest BCUT2D eigenvalue weighted by molar-refractivity contribution is 7.10. The fourth-order valence-electron chi connectivity index (χ4n) is 3.32. The normalized spacial score (nSPS) is 27.3. The number of nitrogens with zero attached hydrogens (tertiary/aromatic N) is 1. The largest absolute Gasteiger partial charge is 0.481 e. The van der Waals surface area contributed by atoms with E-state index in [1.165, 1.54) is 4.88 Å². The maximum Gasteiger partial charge on any atom is 0.317 e. The van der Waals surface area contributed by atoms with Crippen LogP contribution in [0.1, 0.15) is 30.2 Å². The van der Waals surface area contributed by atoms with Gasteiger partial charge in [0.05, 0.1) is 19.1 Å². The zero-order valence-electron chi connectivity index (χ0n) is 13.2. The zero-order chi connectivity index (χ0) is 16.4. The van der Waals surface area contributed by atoms with E-state index in [0.717, 1.165) is 18.4 Å². The number of urea groups is 1. The molecule has 23 heavy (non-hydrogen) atoms. The number of hydrogen-bond donors (Lipinski definition) is 2. The molecule has 126 valence electrons. The minimum atomic E-state index is -0.826. The van der Waals surface area contributed by atoms with Crippen molar-refractivity contribution in [3.63, 3.8) is 0 Å². The first-order valence-corrected chi connectivity index (χ1v) is 8.84. The smallest absolute Gasteiger partial charge is 0.317 e. The number of piperidine rings is 1. The minimum Gasteiger partial charge on any atom is -0.481 e. The highest BCUT2D eigenvalue weighted by atomic mass is 32.1. The third kappa shape index (κ3) is 3.35. The number of carbonyl (C=O) groups is 2. The Morgan fingerprint density at radius 2 is 2.39 bits per heavy atom. The van der Waals surface area contributed by atoms with Crippen molar-refractivity contribution in [2.24, 2.45) is 5.92 Å². The van der Waals surface area contributed by atoms with Crippen molar-refractivity contribution in [2.45, 2.75) is 31.8 Å². The third-order valence-electron chi connectivity index (χ3n) is 4.70. The summed E-state index contributed by atoms with van der Waals surface area (Å²) in [5.74, 6) is -1.28. The Balaban J connectivity index is 1.60. The molecular weight excluding hydrogens is 316 g/mol. The van der Waals surface area contributed by atoms with Gasteiger partial charge in [0.1, 0.15) is 5.60 Å². The second-order valence-corrected chi connectivity index (χ2v) is 7.37. The number of carboxylic acid groups (broad SMARTS) is 1. The van der Waals surface area contributed by atoms with Crippen molar-refractivity contribution in [3.8, 4) is 0 Å². The molecule has 2 N–H and O–H groups in total. The van der Waals surface area contributed by atoms with Gasteiger partial charge in [0.25, 0.3) is 0 Å². The molecule has 2 atom stereocenters. The van der Waals surface area contributed by atoms with Crippen LogP contribution in [0.25, 0.3) is 0 Å². The number of rotatable bonds is 3. The fraction of sp³-hybridized carbons (Fsp3) is 0.625. The second-order valence-electron chi connectivity index (χ2n) is 6.37. The third-order valence-corrected chi connectivity index (χ3v) is 5.68. The number of nitrogens with one attached hydrogen (secondary N) is 1. The number of aliphatic carboxylic acids is 1. The lowest BCUT2D eigenvalue weighted by Gasteiger charge is -2.36. The minimum absolute atomic E-state index is 0.205. The van der Waals surface area contributed by atoms with Crippen molar-refractivity contribution < 1.29 is 19.4 Å². The Hall–Kier alpha value is -1.60. The summed E-state index contributed by atoms with van der Waals surface area (Å²) in [6, 6.07) is 1.86. The van der Waals surface area contributed by atoms with Gasteiger partial charge in [-0.05, 0) is 36.8 Å². The Morgan fingerprint density at radius 3 is 3.17 bits per heavy atom. The van der Waals surface area contributed by atoms with E-state index in [9.17, 15) is 9.59 Å². The molecule has 1 aromatic rings. The first-order chi connectivity index (χ1) is 11.0. The van der Waals surface area contributed by atoms with Crippen molar-refractivity contribution in [3.05, 3.63) is 21.9 Å². The van der Waals surface area contributed by atoms with E-state index in [-0.39, 0.29) is 12.6 Å². The van der Waals surface area contributed by atoms with Gasteiger partial charge in [-0.3, -0.25) is 4.79 Å². The first kappa shape index (κ1) is 16.3. The average molecular weight is 338 g/mol. The maximum absolute atomic E-state index is 12.4. The van der Waals surface area contributed by atoms with Gasteiger partial charge in [-0.25, -0.2) is 4.79 Å². The SMILES string of the molecule is CC1(CNC(=O)N2CCCC(C(=O)O)C2)OCCc2sccc21. The van der Waals surface area contributed by atoms with Crippen LogP contribution in [-0.4, -0.2) is 48.2 Å². The summed E-state index contributed by atoms with van der Waals surface area (Å²) >= 11 is 1.73. The van der Waals surface area contributed by atoms with Gasteiger partial charge in [0.2, 0.25) is 0 Å². The summed E-state index contributed by atoms with van der Waals surface area (Å²) in [6.07, 6.45) is 2.29. The highest BCUT2D eigenvalue weighted by Crippen LogP contribution is 2.35. The molecule has 3 heterocycles. The lowest BCUT2D eigenvalue weighted by molar-refractivity contribution is -0.143. The van der Waals surface area contributed by atoms with Crippen LogP contribution in [0.15, 0.2) is 11.4 Å². The van der Waals surface area contributed by atoms with Gasteiger partial charge < -0.3 is 20.1 Å². The molecule has 1 fully saturated rings. The summed E-state index contributed by atoms with van der Waals surface area (Å²) in [4.78, 5) is 26.4. The van der Waals surface area contributed by atoms with Gasteiger partial charge in [-0.15, -0.1) is 11.3 Å². The Bertz CT molecular complexity index is 603.